The van der Waals surface area contributed by atoms with Gasteiger partial charge in [0.25, 0.3) is 0 Å². The fourth-order valence-electron chi connectivity index (χ4n) is 5.95. The molecule has 222 valence electrons. The summed E-state index contributed by atoms with van der Waals surface area (Å²) in [5.74, 6) is 1.65. The molecular weight excluding hydrogens is 450 g/mol. The van der Waals surface area contributed by atoms with Gasteiger partial charge in [0.1, 0.15) is 0 Å². The normalized spacial score (nSPS) is 34.0. The number of rotatable bonds is 2. The first-order chi connectivity index (χ1) is 17.2. The Morgan fingerprint density at radius 2 is 1.30 bits per heavy atom. The smallest absolute Gasteiger partial charge is 0.0671 e. The predicted molar refractivity (Wildman–Crippen MR) is 173 cm³/mol. The first-order valence-electron chi connectivity index (χ1n) is 15.7. The van der Waals surface area contributed by atoms with E-state index >= 15 is 0 Å². The van der Waals surface area contributed by atoms with Crippen LogP contribution in [-0.4, -0.2) is 24.0 Å². The number of allylic oxidation sites excluding steroid dienone is 2. The van der Waals surface area contributed by atoms with Crippen LogP contribution in [0.5, 0.6) is 0 Å². The van der Waals surface area contributed by atoms with Crippen LogP contribution in [0.25, 0.3) is 0 Å². The molecule has 0 spiro atoms. The lowest BCUT2D eigenvalue weighted by Crippen LogP contribution is -2.45. The van der Waals surface area contributed by atoms with Crippen molar-refractivity contribution in [1.82, 2.24) is 0 Å². The summed E-state index contributed by atoms with van der Waals surface area (Å²) in [6.07, 6.45) is 6.08. The molecule has 1 rings (SSSR count). The lowest BCUT2D eigenvalue weighted by molar-refractivity contribution is -0.0156. The fraction of sp³-hybridized carbons (Fsp3) is 0.857. The third kappa shape index (κ3) is 11.8. The summed E-state index contributed by atoms with van der Waals surface area (Å²) in [6.45, 7) is 41.8. The minimum Gasteiger partial charge on any atom is -0.392 e. The van der Waals surface area contributed by atoms with Gasteiger partial charge in [-0.05, 0) is 53.8 Å². The average molecular weight is 522 g/mol. The summed E-state index contributed by atoms with van der Waals surface area (Å²) in [5, 5.41) is 11.6. The molecule has 37 heavy (non-hydrogen) atoms. The molecule has 1 aliphatic rings. The van der Waals surface area contributed by atoms with Crippen molar-refractivity contribution in [3.05, 3.63) is 24.3 Å². The largest absolute Gasteiger partial charge is 0.392 e. The number of aliphatic hydroxyl groups excluding tert-OH is 1. The third-order valence-electron chi connectivity index (χ3n) is 9.08. The summed E-state index contributed by atoms with van der Waals surface area (Å²) in [4.78, 5) is 4.73. The van der Waals surface area contributed by atoms with Gasteiger partial charge in [-0.1, -0.05) is 147 Å². The monoisotopic (exact) mass is 522 g/mol. The first kappa shape index (κ1) is 40.6. The van der Waals surface area contributed by atoms with E-state index in [0.29, 0.717) is 23.7 Å². The van der Waals surface area contributed by atoms with E-state index in [4.69, 9.17) is 4.99 Å². The molecule has 0 aromatic carbocycles. The Bertz CT molecular complexity index is 646. The van der Waals surface area contributed by atoms with Crippen LogP contribution >= 0.6 is 0 Å². The maximum atomic E-state index is 11.6. The zero-order valence-electron chi connectivity index (χ0n) is 28.5. The Balaban J connectivity index is -0.00000150. The van der Waals surface area contributed by atoms with Crippen molar-refractivity contribution in [2.45, 2.75) is 148 Å². The highest BCUT2D eigenvalue weighted by Gasteiger charge is 2.42. The second-order valence-electron chi connectivity index (χ2n) is 12.0. The van der Waals surface area contributed by atoms with Gasteiger partial charge in [0.2, 0.25) is 0 Å². The molecule has 1 aliphatic carbocycles. The Hall–Kier alpha value is -0.890. The number of nitrogens with zero attached hydrogens (tertiary/aromatic N) is 1. The van der Waals surface area contributed by atoms with Gasteiger partial charge in [0.15, 0.2) is 0 Å². The molecule has 0 heterocycles. The van der Waals surface area contributed by atoms with Crippen molar-refractivity contribution in [2.75, 3.05) is 7.05 Å². The maximum absolute atomic E-state index is 11.6. The van der Waals surface area contributed by atoms with E-state index in [9.17, 15) is 5.11 Å². The fourth-order valence-corrected chi connectivity index (χ4v) is 5.95. The molecule has 0 aromatic heterocycles. The number of aliphatic hydroxyl groups is 1. The molecule has 0 bridgehead atoms. The van der Waals surface area contributed by atoms with Gasteiger partial charge in [-0.3, -0.25) is 4.99 Å². The first-order valence-corrected chi connectivity index (χ1v) is 15.7. The number of hydrogen-bond acceptors (Lipinski definition) is 2. The molecule has 0 radical (unpaired) electrons. The molecule has 1 fully saturated rings. The minimum atomic E-state index is -0.428. The molecule has 0 aromatic rings. The zero-order chi connectivity index (χ0) is 30.1. The van der Waals surface area contributed by atoms with Gasteiger partial charge in [0.05, 0.1) is 6.10 Å². The molecule has 7 atom stereocenters. The van der Waals surface area contributed by atoms with Gasteiger partial charge >= 0.3 is 0 Å². The van der Waals surface area contributed by atoms with Crippen LogP contribution in [0.15, 0.2) is 29.3 Å². The Kier molecular flexibility index (Phi) is 22.0. The second kappa shape index (κ2) is 20.1. The molecule has 0 amide bonds. The van der Waals surface area contributed by atoms with Crippen LogP contribution in [0.2, 0.25) is 0 Å². The van der Waals surface area contributed by atoms with Crippen molar-refractivity contribution >= 4 is 5.71 Å². The quantitative estimate of drug-likeness (QED) is 0.360. The zero-order valence-corrected chi connectivity index (χ0v) is 28.5. The van der Waals surface area contributed by atoms with Crippen LogP contribution in [0.3, 0.4) is 0 Å². The van der Waals surface area contributed by atoms with Crippen molar-refractivity contribution < 1.29 is 5.11 Å². The molecule has 2 nitrogen and oxygen atoms in total. The molecule has 0 aliphatic heterocycles. The number of hydrogen-bond donors (Lipinski definition) is 1. The second-order valence-corrected chi connectivity index (χ2v) is 12.0. The summed E-state index contributed by atoms with van der Waals surface area (Å²) in [7, 11) is 1.90. The highest BCUT2D eigenvalue weighted by Crippen LogP contribution is 2.46. The van der Waals surface area contributed by atoms with Crippen LogP contribution in [0.4, 0.5) is 0 Å². The Morgan fingerprint density at radius 3 is 1.68 bits per heavy atom. The van der Waals surface area contributed by atoms with Crippen molar-refractivity contribution in [3.8, 4) is 0 Å². The van der Waals surface area contributed by atoms with E-state index < -0.39 is 6.10 Å². The van der Waals surface area contributed by atoms with E-state index in [1.165, 1.54) is 23.3 Å². The van der Waals surface area contributed by atoms with Crippen LogP contribution in [-0.2, 0) is 0 Å². The summed E-state index contributed by atoms with van der Waals surface area (Å²) >= 11 is 0. The predicted octanol–water partition coefficient (Wildman–Crippen LogP) is 11.2. The van der Waals surface area contributed by atoms with Crippen LogP contribution in [0, 0.1) is 40.4 Å². The van der Waals surface area contributed by atoms with Gasteiger partial charge in [-0.15, -0.1) is 0 Å². The average Bonchev–Trinajstić information content (AvgIpc) is 2.88. The Labute approximate surface area is 235 Å². The molecule has 1 N–H and O–H groups in total. The molecular formula is C35H71NO. The van der Waals surface area contributed by atoms with Gasteiger partial charge in [0, 0.05) is 18.7 Å². The summed E-state index contributed by atoms with van der Waals surface area (Å²) in [6, 6.07) is 0. The van der Waals surface area contributed by atoms with Crippen LogP contribution < -0.4 is 0 Å². The van der Waals surface area contributed by atoms with Gasteiger partial charge < -0.3 is 5.11 Å². The van der Waals surface area contributed by atoms with Crippen molar-refractivity contribution in [3.63, 3.8) is 0 Å². The lowest BCUT2D eigenvalue weighted by atomic mass is 9.62. The molecule has 2 heteroatoms. The van der Waals surface area contributed by atoms with Crippen LogP contribution in [0.1, 0.15) is 142 Å². The van der Waals surface area contributed by atoms with Gasteiger partial charge in [-0.25, -0.2) is 0 Å². The topological polar surface area (TPSA) is 32.6 Å². The number of aliphatic imine (C=N–C) groups is 1. The highest BCUT2D eigenvalue weighted by molar-refractivity contribution is 5.89. The van der Waals surface area contributed by atoms with E-state index in [-0.39, 0.29) is 16.7 Å². The molecule has 1 saturated carbocycles. The van der Waals surface area contributed by atoms with E-state index in [2.05, 4.69) is 89.3 Å². The lowest BCUT2D eigenvalue weighted by Gasteiger charge is -2.44. The third-order valence-corrected chi connectivity index (χ3v) is 9.08. The van der Waals surface area contributed by atoms with Crippen molar-refractivity contribution in [2.24, 2.45) is 45.4 Å². The van der Waals surface area contributed by atoms with Crippen molar-refractivity contribution in [1.29, 1.82) is 0 Å². The maximum Gasteiger partial charge on any atom is 0.0671 e. The van der Waals surface area contributed by atoms with E-state index in [0.717, 1.165) is 32.1 Å². The molecule has 0 saturated heterocycles. The highest BCUT2D eigenvalue weighted by atomic mass is 16.3. The molecule has 3 unspecified atom stereocenters. The van der Waals surface area contributed by atoms with E-state index in [1.807, 2.05) is 34.7 Å². The summed E-state index contributed by atoms with van der Waals surface area (Å²) < 4.78 is 0. The van der Waals surface area contributed by atoms with E-state index in [1.54, 1.807) is 0 Å². The van der Waals surface area contributed by atoms with Gasteiger partial charge in [-0.2, -0.15) is 0 Å². The SMILES string of the molecule is C=C1C[C@H](CC)C(C)(C)C(O)C(C)C(=NC)[C@H](C)C[C@@](C)(CC)[C@H](C)CC(=C)C1C.CC.CC.CCC. The summed E-state index contributed by atoms with van der Waals surface area (Å²) in [5.41, 5.74) is 3.75. The minimum absolute atomic E-state index is 0.0501. The Morgan fingerprint density at radius 1 is 0.865 bits per heavy atom. The standard InChI is InChI=1S/C28H51NO.C3H8.2C2H6/c1-13-24-16-19(4)22(7)18(3)15-21(6)28(11,14-2)17-20(5)25(29-12)23(8)26(30)27(24,9)10;1-3-2;2*1-2/h20-24,26,30H,3-4,13-17H2,1-2,5-12H3;3H2,1-2H3;2*1-2H3/t20-,21-,22?,23?,24+,26?,28-;;;/m1.../s1.